The fourth-order valence-electron chi connectivity index (χ4n) is 2.14. The van der Waals surface area contributed by atoms with E-state index in [4.69, 9.17) is 4.74 Å². The summed E-state index contributed by atoms with van der Waals surface area (Å²) < 4.78 is 5.40. The first-order chi connectivity index (χ1) is 11.0. The molecule has 0 aliphatic carbocycles. The molecule has 1 saturated heterocycles. The van der Waals surface area contributed by atoms with Crippen LogP contribution in [0.4, 0.5) is 11.4 Å². The van der Waals surface area contributed by atoms with Gasteiger partial charge in [0.05, 0.1) is 6.61 Å². The van der Waals surface area contributed by atoms with Crippen molar-refractivity contribution in [3.63, 3.8) is 0 Å². The van der Waals surface area contributed by atoms with E-state index in [9.17, 15) is 9.59 Å². The zero-order chi connectivity index (χ0) is 16.7. The number of amides is 2. The smallest absolute Gasteiger partial charge is 0.254 e. The van der Waals surface area contributed by atoms with E-state index >= 15 is 0 Å². The van der Waals surface area contributed by atoms with Crippen LogP contribution in [-0.4, -0.2) is 63.2 Å². The Balaban J connectivity index is 0.00000288. The topological polar surface area (TPSA) is 82.7 Å². The highest BCUT2D eigenvalue weighted by Crippen LogP contribution is 2.14. The summed E-state index contributed by atoms with van der Waals surface area (Å²) >= 11 is 0. The molecule has 2 amide bonds. The van der Waals surface area contributed by atoms with Crippen molar-refractivity contribution >= 4 is 48.0 Å². The van der Waals surface area contributed by atoms with Crippen LogP contribution in [0.15, 0.2) is 24.3 Å². The maximum atomic E-state index is 12.0. The number of carbonyl (C=O) groups excluding carboxylic acids is 2. The number of rotatable bonds is 6. The normalized spacial score (nSPS) is 16.4. The molecule has 0 spiro atoms. The second kappa shape index (κ2) is 12.1. The van der Waals surface area contributed by atoms with Crippen LogP contribution >= 0.6 is 24.8 Å². The average molecular weight is 393 g/mol. The molecule has 0 aromatic heterocycles. The Hall–Kier alpha value is -1.38. The number of ether oxygens (including phenoxy) is 1. The molecule has 142 valence electrons. The third kappa shape index (κ3) is 8.51. The number of nitrogens with one attached hydrogen (secondary N) is 3. The van der Waals surface area contributed by atoms with Gasteiger partial charge in [0.15, 0.2) is 0 Å². The van der Waals surface area contributed by atoms with E-state index in [1.807, 2.05) is 19.0 Å². The molecule has 3 N–H and O–H groups in total. The summed E-state index contributed by atoms with van der Waals surface area (Å²) in [5.74, 6) is -0.197. The molecule has 0 bridgehead atoms. The van der Waals surface area contributed by atoms with E-state index in [1.54, 1.807) is 24.3 Å². The summed E-state index contributed by atoms with van der Waals surface area (Å²) in [4.78, 5) is 25.7. The molecule has 25 heavy (non-hydrogen) atoms. The van der Waals surface area contributed by atoms with Gasteiger partial charge in [-0.15, -0.1) is 24.8 Å². The SMILES string of the molecule is CN(C)CCC(=O)Nc1ccc(NC(=O)C2CNCCO2)cc1.Cl.Cl. The van der Waals surface area contributed by atoms with Gasteiger partial charge in [-0.1, -0.05) is 0 Å². The molecule has 2 rings (SSSR count). The maximum absolute atomic E-state index is 12.0. The van der Waals surface area contributed by atoms with Crippen LogP contribution in [0.2, 0.25) is 0 Å². The lowest BCUT2D eigenvalue weighted by Crippen LogP contribution is -2.45. The van der Waals surface area contributed by atoms with Crippen LogP contribution in [0.5, 0.6) is 0 Å². The first-order valence-corrected chi connectivity index (χ1v) is 7.72. The predicted octanol–water partition coefficient (Wildman–Crippen LogP) is 1.35. The number of anilines is 2. The Labute approximate surface area is 160 Å². The second-order valence-corrected chi connectivity index (χ2v) is 5.73. The Morgan fingerprint density at radius 2 is 1.76 bits per heavy atom. The predicted molar refractivity (Wildman–Crippen MR) is 104 cm³/mol. The van der Waals surface area contributed by atoms with Crippen molar-refractivity contribution in [1.82, 2.24) is 10.2 Å². The number of carbonyl (C=O) groups is 2. The molecule has 1 heterocycles. The van der Waals surface area contributed by atoms with E-state index in [0.717, 1.165) is 6.54 Å². The van der Waals surface area contributed by atoms with Gasteiger partial charge in [0, 0.05) is 37.4 Å². The van der Waals surface area contributed by atoms with Crippen molar-refractivity contribution in [2.45, 2.75) is 12.5 Å². The van der Waals surface area contributed by atoms with Crippen LogP contribution in [0.3, 0.4) is 0 Å². The van der Waals surface area contributed by atoms with E-state index in [1.165, 1.54) is 0 Å². The molecule has 1 fully saturated rings. The van der Waals surface area contributed by atoms with Crippen molar-refractivity contribution in [2.24, 2.45) is 0 Å². The van der Waals surface area contributed by atoms with Crippen molar-refractivity contribution in [3.05, 3.63) is 24.3 Å². The maximum Gasteiger partial charge on any atom is 0.254 e. The molecule has 7 nitrogen and oxygen atoms in total. The Morgan fingerprint density at radius 3 is 2.28 bits per heavy atom. The standard InChI is InChI=1S/C16H24N4O3.2ClH/c1-20(2)9-7-15(21)18-12-3-5-13(6-4-12)19-16(22)14-11-17-8-10-23-14;;/h3-6,14,17H,7-11H2,1-2H3,(H,18,21)(H,19,22);2*1H. The number of hydrogen-bond acceptors (Lipinski definition) is 5. The molecule has 1 aromatic rings. The van der Waals surface area contributed by atoms with Gasteiger partial charge in [0.25, 0.3) is 5.91 Å². The lowest BCUT2D eigenvalue weighted by atomic mass is 10.2. The minimum absolute atomic E-state index is 0. The van der Waals surface area contributed by atoms with Crippen molar-refractivity contribution < 1.29 is 14.3 Å². The second-order valence-electron chi connectivity index (χ2n) is 5.73. The van der Waals surface area contributed by atoms with Crippen molar-refractivity contribution in [1.29, 1.82) is 0 Å². The van der Waals surface area contributed by atoms with E-state index in [0.29, 0.717) is 37.5 Å². The first kappa shape index (κ1) is 23.6. The molecular formula is C16H26Cl2N4O3. The van der Waals surface area contributed by atoms with E-state index in [2.05, 4.69) is 16.0 Å². The minimum atomic E-state index is -0.464. The van der Waals surface area contributed by atoms with Crippen LogP contribution in [-0.2, 0) is 14.3 Å². The Kier molecular flexibility index (Phi) is 11.4. The van der Waals surface area contributed by atoms with E-state index < -0.39 is 6.10 Å². The summed E-state index contributed by atoms with van der Waals surface area (Å²) in [5, 5.41) is 8.75. The molecule has 0 radical (unpaired) electrons. The zero-order valence-corrected chi connectivity index (χ0v) is 16.0. The fourth-order valence-corrected chi connectivity index (χ4v) is 2.14. The third-order valence-electron chi connectivity index (χ3n) is 3.44. The summed E-state index contributed by atoms with van der Waals surface area (Å²) in [6.45, 7) is 2.53. The lowest BCUT2D eigenvalue weighted by Gasteiger charge is -2.22. The largest absolute Gasteiger partial charge is 0.366 e. The molecule has 1 aliphatic heterocycles. The van der Waals surface area contributed by atoms with Crippen LogP contribution in [0.25, 0.3) is 0 Å². The Morgan fingerprint density at radius 1 is 1.16 bits per heavy atom. The van der Waals surface area contributed by atoms with Crippen molar-refractivity contribution in [3.8, 4) is 0 Å². The molecule has 1 aliphatic rings. The Bertz CT molecular complexity index is 535. The first-order valence-electron chi connectivity index (χ1n) is 7.72. The summed E-state index contributed by atoms with van der Waals surface area (Å²) in [6.07, 6.45) is -0.0218. The van der Waals surface area contributed by atoms with Crippen molar-refractivity contribution in [2.75, 3.05) is 51.0 Å². The number of hydrogen-bond donors (Lipinski definition) is 3. The lowest BCUT2D eigenvalue weighted by molar-refractivity contribution is -0.128. The van der Waals surface area contributed by atoms with Gasteiger partial charge in [-0.2, -0.15) is 0 Å². The zero-order valence-electron chi connectivity index (χ0n) is 14.4. The van der Waals surface area contributed by atoms with Gasteiger partial charge in [0.2, 0.25) is 5.91 Å². The monoisotopic (exact) mass is 392 g/mol. The highest BCUT2D eigenvalue weighted by molar-refractivity contribution is 5.95. The molecule has 1 aromatic carbocycles. The van der Waals surface area contributed by atoms with Crippen LogP contribution in [0, 0.1) is 0 Å². The van der Waals surface area contributed by atoms with Gasteiger partial charge < -0.3 is 25.6 Å². The van der Waals surface area contributed by atoms with Gasteiger partial charge in [0.1, 0.15) is 6.10 Å². The number of nitrogens with zero attached hydrogens (tertiary/aromatic N) is 1. The van der Waals surface area contributed by atoms with E-state index in [-0.39, 0.29) is 36.6 Å². The van der Waals surface area contributed by atoms with Gasteiger partial charge in [-0.05, 0) is 38.4 Å². The minimum Gasteiger partial charge on any atom is -0.366 e. The number of benzene rings is 1. The summed E-state index contributed by atoms with van der Waals surface area (Å²) in [6, 6.07) is 7.05. The quantitative estimate of drug-likeness (QED) is 0.680. The van der Waals surface area contributed by atoms with Gasteiger partial charge in [-0.25, -0.2) is 0 Å². The summed E-state index contributed by atoms with van der Waals surface area (Å²) in [5.41, 5.74) is 1.39. The summed E-state index contributed by atoms with van der Waals surface area (Å²) in [7, 11) is 3.85. The highest BCUT2D eigenvalue weighted by Gasteiger charge is 2.21. The molecular weight excluding hydrogens is 367 g/mol. The fraction of sp³-hybridized carbons (Fsp3) is 0.500. The van der Waals surface area contributed by atoms with Crippen LogP contribution in [0.1, 0.15) is 6.42 Å². The molecule has 0 saturated carbocycles. The molecule has 1 atom stereocenters. The third-order valence-corrected chi connectivity index (χ3v) is 3.44. The number of morpholine rings is 1. The van der Waals surface area contributed by atoms with Gasteiger partial charge in [-0.3, -0.25) is 9.59 Å². The highest BCUT2D eigenvalue weighted by atomic mass is 35.5. The average Bonchev–Trinajstić information content (AvgIpc) is 2.55. The van der Waals surface area contributed by atoms with Gasteiger partial charge >= 0.3 is 0 Å². The molecule has 9 heteroatoms. The number of halogens is 2. The molecule has 1 unspecified atom stereocenters. The van der Waals surface area contributed by atoms with Crippen LogP contribution < -0.4 is 16.0 Å².